The quantitative estimate of drug-likeness (QED) is 0.379. The minimum absolute atomic E-state index is 0.0326. The smallest absolute Gasteiger partial charge is 0.243 e. The van der Waals surface area contributed by atoms with E-state index in [4.69, 9.17) is 11.6 Å². The summed E-state index contributed by atoms with van der Waals surface area (Å²) in [7, 11) is -3.65. The van der Waals surface area contributed by atoms with Crippen molar-refractivity contribution in [3.63, 3.8) is 0 Å². The third kappa shape index (κ3) is 8.43. The number of nitrogens with zero attached hydrogens (tertiary/aromatic N) is 2. The van der Waals surface area contributed by atoms with Crippen LogP contribution in [0.15, 0.2) is 48.5 Å². The van der Waals surface area contributed by atoms with Gasteiger partial charge in [-0.05, 0) is 61.6 Å². The minimum Gasteiger partial charge on any atom is -0.352 e. The van der Waals surface area contributed by atoms with Crippen LogP contribution in [0.5, 0.6) is 0 Å². The number of carbonyl (C=O) groups is 2. The van der Waals surface area contributed by atoms with Gasteiger partial charge in [0.1, 0.15) is 11.9 Å². The van der Waals surface area contributed by atoms with Gasteiger partial charge in [-0.25, -0.2) is 12.8 Å². The van der Waals surface area contributed by atoms with Crippen molar-refractivity contribution >= 4 is 39.1 Å². The molecule has 1 aliphatic rings. The standard InChI is InChI=1S/C28H37ClFN3O4S/c1-3-26(28(35)31-23-11-5-4-6-12-23)32(20-21-10-7-8-13-25(21)29)27(34)14-9-19-33(38(2,36)37)24-17-15-22(30)16-18-24/h7-8,10,13,15-18,23,26H,3-6,9,11-12,14,19-20H2,1-2H3,(H,31,35)/t26-/m1/s1. The van der Waals surface area contributed by atoms with E-state index in [9.17, 15) is 22.4 Å². The van der Waals surface area contributed by atoms with Crippen molar-refractivity contribution in [1.82, 2.24) is 10.2 Å². The zero-order valence-electron chi connectivity index (χ0n) is 22.0. The monoisotopic (exact) mass is 565 g/mol. The highest BCUT2D eigenvalue weighted by Gasteiger charge is 2.30. The molecule has 0 aliphatic heterocycles. The van der Waals surface area contributed by atoms with Crippen molar-refractivity contribution in [2.24, 2.45) is 0 Å². The molecule has 1 fully saturated rings. The fourth-order valence-electron chi connectivity index (χ4n) is 4.89. The van der Waals surface area contributed by atoms with Crippen molar-refractivity contribution in [3.8, 4) is 0 Å². The largest absolute Gasteiger partial charge is 0.352 e. The van der Waals surface area contributed by atoms with Crippen molar-refractivity contribution in [2.75, 3.05) is 17.1 Å². The van der Waals surface area contributed by atoms with Crippen LogP contribution in [-0.2, 0) is 26.2 Å². The van der Waals surface area contributed by atoms with Crippen LogP contribution in [0.3, 0.4) is 0 Å². The van der Waals surface area contributed by atoms with Gasteiger partial charge in [0.25, 0.3) is 0 Å². The van der Waals surface area contributed by atoms with E-state index in [1.165, 1.54) is 30.7 Å². The highest BCUT2D eigenvalue weighted by molar-refractivity contribution is 7.92. The van der Waals surface area contributed by atoms with Gasteiger partial charge in [0, 0.05) is 30.6 Å². The van der Waals surface area contributed by atoms with Gasteiger partial charge in [0.05, 0.1) is 11.9 Å². The molecule has 38 heavy (non-hydrogen) atoms. The van der Waals surface area contributed by atoms with Crippen molar-refractivity contribution in [2.45, 2.75) is 76.9 Å². The molecule has 2 aromatic rings. The maximum Gasteiger partial charge on any atom is 0.243 e. The molecule has 1 N–H and O–H groups in total. The molecule has 3 rings (SSSR count). The number of halogens is 2. The Hall–Kier alpha value is -2.65. The van der Waals surface area contributed by atoms with Crippen LogP contribution >= 0.6 is 11.6 Å². The maximum atomic E-state index is 13.6. The summed E-state index contributed by atoms with van der Waals surface area (Å²) < 4.78 is 39.3. The third-order valence-corrected chi connectivity index (χ3v) is 8.47. The van der Waals surface area contributed by atoms with Crippen LogP contribution < -0.4 is 9.62 Å². The zero-order valence-corrected chi connectivity index (χ0v) is 23.6. The van der Waals surface area contributed by atoms with E-state index < -0.39 is 21.9 Å². The first kappa shape index (κ1) is 29.9. The van der Waals surface area contributed by atoms with E-state index in [-0.39, 0.29) is 43.8 Å². The summed E-state index contributed by atoms with van der Waals surface area (Å²) in [6, 6.07) is 11.8. The van der Waals surface area contributed by atoms with E-state index in [1.54, 1.807) is 17.0 Å². The van der Waals surface area contributed by atoms with Gasteiger partial charge >= 0.3 is 0 Å². The molecule has 1 aliphatic carbocycles. The molecule has 1 saturated carbocycles. The number of nitrogens with one attached hydrogen (secondary N) is 1. The Bertz CT molecular complexity index is 1190. The Morgan fingerprint density at radius 1 is 1.08 bits per heavy atom. The van der Waals surface area contributed by atoms with E-state index in [0.29, 0.717) is 17.1 Å². The summed E-state index contributed by atoms with van der Waals surface area (Å²) >= 11 is 6.39. The van der Waals surface area contributed by atoms with Gasteiger partial charge < -0.3 is 10.2 Å². The lowest BCUT2D eigenvalue weighted by atomic mass is 9.95. The molecule has 0 heterocycles. The molecule has 0 saturated heterocycles. The second-order valence-corrected chi connectivity index (χ2v) is 12.1. The predicted octanol–water partition coefficient (Wildman–Crippen LogP) is 5.28. The normalized spacial score (nSPS) is 15.1. The topological polar surface area (TPSA) is 86.8 Å². The van der Waals surface area contributed by atoms with E-state index >= 15 is 0 Å². The summed E-state index contributed by atoms with van der Waals surface area (Å²) in [4.78, 5) is 28.4. The number of hydrogen-bond acceptors (Lipinski definition) is 4. The average molecular weight is 566 g/mol. The van der Waals surface area contributed by atoms with Crippen LogP contribution in [0.2, 0.25) is 5.02 Å². The summed E-state index contributed by atoms with van der Waals surface area (Å²) in [6.45, 7) is 2.09. The van der Waals surface area contributed by atoms with E-state index in [2.05, 4.69) is 5.32 Å². The highest BCUT2D eigenvalue weighted by Crippen LogP contribution is 2.23. The molecule has 0 radical (unpaired) electrons. The number of hydrogen-bond donors (Lipinski definition) is 1. The van der Waals surface area contributed by atoms with Crippen LogP contribution in [0.25, 0.3) is 0 Å². The van der Waals surface area contributed by atoms with Crippen LogP contribution in [0, 0.1) is 5.82 Å². The SMILES string of the molecule is CC[C@H](C(=O)NC1CCCCC1)N(Cc1ccccc1Cl)C(=O)CCCN(c1ccc(F)cc1)S(C)(=O)=O. The molecule has 2 aromatic carbocycles. The first-order valence-corrected chi connectivity index (χ1v) is 15.4. The second kappa shape index (κ2) is 13.9. The molecule has 0 spiro atoms. The Kier molecular flexibility index (Phi) is 11.0. The number of benzene rings is 2. The number of sulfonamides is 1. The molecular weight excluding hydrogens is 529 g/mol. The molecule has 2 amide bonds. The molecule has 0 unspecified atom stereocenters. The number of amides is 2. The van der Waals surface area contributed by atoms with Gasteiger partial charge in [-0.2, -0.15) is 0 Å². The lowest BCUT2D eigenvalue weighted by Gasteiger charge is -2.33. The third-order valence-electron chi connectivity index (χ3n) is 6.90. The molecule has 0 aromatic heterocycles. The molecule has 208 valence electrons. The van der Waals surface area contributed by atoms with Gasteiger partial charge in [-0.1, -0.05) is 56.0 Å². The molecule has 1 atom stereocenters. The molecule has 0 bridgehead atoms. The fraction of sp³-hybridized carbons (Fsp3) is 0.500. The molecule has 7 nitrogen and oxygen atoms in total. The van der Waals surface area contributed by atoms with Crippen LogP contribution in [-0.4, -0.2) is 50.0 Å². The Morgan fingerprint density at radius 2 is 1.74 bits per heavy atom. The van der Waals surface area contributed by atoms with Gasteiger partial charge in [-0.15, -0.1) is 0 Å². The first-order valence-electron chi connectivity index (χ1n) is 13.2. The van der Waals surface area contributed by atoms with E-state index in [0.717, 1.165) is 41.8 Å². The summed E-state index contributed by atoms with van der Waals surface area (Å²) in [5, 5.41) is 3.65. The summed E-state index contributed by atoms with van der Waals surface area (Å²) in [6.07, 6.45) is 6.96. The van der Waals surface area contributed by atoms with Gasteiger partial charge in [0.15, 0.2) is 0 Å². The second-order valence-electron chi connectivity index (χ2n) is 9.80. The number of anilines is 1. The van der Waals surface area contributed by atoms with Crippen molar-refractivity contribution < 1.29 is 22.4 Å². The van der Waals surface area contributed by atoms with Crippen molar-refractivity contribution in [3.05, 3.63) is 64.9 Å². The molecular formula is C28H37ClFN3O4S. The highest BCUT2D eigenvalue weighted by atomic mass is 35.5. The predicted molar refractivity (Wildman–Crippen MR) is 149 cm³/mol. The summed E-state index contributed by atoms with van der Waals surface area (Å²) in [5.74, 6) is -0.906. The van der Waals surface area contributed by atoms with Gasteiger partial charge in [-0.3, -0.25) is 13.9 Å². The maximum absolute atomic E-state index is 13.6. The number of carbonyl (C=O) groups excluding carboxylic acids is 2. The van der Waals surface area contributed by atoms with Gasteiger partial charge in [0.2, 0.25) is 21.8 Å². The average Bonchev–Trinajstić information content (AvgIpc) is 2.88. The minimum atomic E-state index is -3.65. The van der Waals surface area contributed by atoms with Crippen LogP contribution in [0.1, 0.15) is 63.9 Å². The molecule has 10 heteroatoms. The Morgan fingerprint density at radius 3 is 2.34 bits per heavy atom. The lowest BCUT2D eigenvalue weighted by molar-refractivity contribution is -0.141. The fourth-order valence-corrected chi connectivity index (χ4v) is 6.05. The lowest BCUT2D eigenvalue weighted by Crippen LogP contribution is -2.51. The zero-order chi connectivity index (χ0) is 27.7. The summed E-state index contributed by atoms with van der Waals surface area (Å²) in [5.41, 5.74) is 1.06. The Labute approximate surface area is 230 Å². The first-order chi connectivity index (χ1) is 18.1. The van der Waals surface area contributed by atoms with Crippen molar-refractivity contribution in [1.29, 1.82) is 0 Å². The van der Waals surface area contributed by atoms with Crippen LogP contribution in [0.4, 0.5) is 10.1 Å². The number of rotatable bonds is 12. The Balaban J connectivity index is 1.76. The van der Waals surface area contributed by atoms with E-state index in [1.807, 2.05) is 19.1 Å².